The molecule has 2 rings (SSSR count). The highest BCUT2D eigenvalue weighted by atomic mass is 32.2. The minimum absolute atomic E-state index is 0.159. The molecular weight excluding hydrogens is 214 g/mol. The van der Waals surface area contributed by atoms with Gasteiger partial charge in [-0.1, -0.05) is 0 Å². The molecule has 0 radical (unpaired) electrons. The first-order chi connectivity index (χ1) is 6.99. The van der Waals surface area contributed by atoms with Gasteiger partial charge in [-0.2, -0.15) is 0 Å². The minimum atomic E-state index is -2.87. The van der Waals surface area contributed by atoms with E-state index < -0.39 is 15.4 Å². The van der Waals surface area contributed by atoms with Crippen LogP contribution in [0.4, 0.5) is 0 Å². The monoisotopic (exact) mass is 233 g/mol. The van der Waals surface area contributed by atoms with E-state index in [9.17, 15) is 8.42 Å². The van der Waals surface area contributed by atoms with Gasteiger partial charge in [-0.3, -0.25) is 0 Å². The molecule has 4 nitrogen and oxygen atoms in total. The SMILES string of the molecule is NC1(CCC2CCCO2)CCS(=O)(=O)C1. The van der Waals surface area contributed by atoms with Crippen LogP contribution in [0, 0.1) is 0 Å². The molecule has 2 fully saturated rings. The van der Waals surface area contributed by atoms with Crippen LogP contribution in [0.1, 0.15) is 32.1 Å². The molecular formula is C10H19NO3S. The summed E-state index contributed by atoms with van der Waals surface area (Å²) in [5.74, 6) is 0.418. The number of nitrogens with two attached hydrogens (primary N) is 1. The first-order valence-electron chi connectivity index (χ1n) is 5.60. The zero-order valence-electron chi connectivity index (χ0n) is 8.94. The Hall–Kier alpha value is -0.130. The van der Waals surface area contributed by atoms with Crippen molar-refractivity contribution in [3.63, 3.8) is 0 Å². The Morgan fingerprint density at radius 3 is 2.80 bits per heavy atom. The molecule has 0 aromatic rings. The van der Waals surface area contributed by atoms with Crippen molar-refractivity contribution in [2.45, 2.75) is 43.7 Å². The zero-order chi connectivity index (χ0) is 10.9. The van der Waals surface area contributed by atoms with Crippen molar-refractivity contribution < 1.29 is 13.2 Å². The summed E-state index contributed by atoms with van der Waals surface area (Å²) in [7, 11) is -2.87. The molecule has 2 unspecified atom stereocenters. The molecule has 2 saturated heterocycles. The van der Waals surface area contributed by atoms with E-state index in [-0.39, 0.29) is 11.5 Å². The highest BCUT2D eigenvalue weighted by Gasteiger charge is 2.39. The molecule has 5 heteroatoms. The van der Waals surface area contributed by atoms with E-state index in [2.05, 4.69) is 0 Å². The van der Waals surface area contributed by atoms with Crippen LogP contribution in [0.5, 0.6) is 0 Å². The Balaban J connectivity index is 1.83. The molecule has 0 spiro atoms. The van der Waals surface area contributed by atoms with Gasteiger partial charge in [0, 0.05) is 12.1 Å². The van der Waals surface area contributed by atoms with Crippen molar-refractivity contribution in [3.8, 4) is 0 Å². The van der Waals surface area contributed by atoms with Crippen LogP contribution >= 0.6 is 0 Å². The molecule has 0 aromatic carbocycles. The van der Waals surface area contributed by atoms with Gasteiger partial charge in [0.1, 0.15) is 0 Å². The molecule has 0 amide bonds. The third kappa shape index (κ3) is 2.92. The van der Waals surface area contributed by atoms with Crippen molar-refractivity contribution in [1.82, 2.24) is 0 Å². The fourth-order valence-electron chi connectivity index (χ4n) is 2.46. The average molecular weight is 233 g/mol. The fourth-order valence-corrected chi connectivity index (χ4v) is 4.49. The van der Waals surface area contributed by atoms with Gasteiger partial charge in [0.05, 0.1) is 17.6 Å². The van der Waals surface area contributed by atoms with Crippen LogP contribution in [0.15, 0.2) is 0 Å². The highest BCUT2D eigenvalue weighted by Crippen LogP contribution is 2.28. The maximum absolute atomic E-state index is 11.3. The zero-order valence-corrected chi connectivity index (χ0v) is 9.76. The number of hydrogen-bond acceptors (Lipinski definition) is 4. The molecule has 15 heavy (non-hydrogen) atoms. The van der Waals surface area contributed by atoms with Gasteiger partial charge in [-0.15, -0.1) is 0 Å². The van der Waals surface area contributed by atoms with Crippen LogP contribution in [-0.4, -0.2) is 38.2 Å². The molecule has 0 bridgehead atoms. The predicted molar refractivity (Wildman–Crippen MR) is 58.4 cm³/mol. The lowest BCUT2D eigenvalue weighted by molar-refractivity contribution is 0.0971. The molecule has 0 aromatic heterocycles. The molecule has 2 aliphatic rings. The summed E-state index contributed by atoms with van der Waals surface area (Å²) in [5.41, 5.74) is 5.60. The Bertz CT molecular complexity index is 322. The summed E-state index contributed by atoms with van der Waals surface area (Å²) < 4.78 is 28.2. The van der Waals surface area contributed by atoms with Gasteiger partial charge in [-0.05, 0) is 32.1 Å². The Morgan fingerprint density at radius 1 is 1.47 bits per heavy atom. The number of hydrogen-bond donors (Lipinski definition) is 1. The van der Waals surface area contributed by atoms with Crippen LogP contribution < -0.4 is 5.73 Å². The van der Waals surface area contributed by atoms with E-state index in [0.717, 1.165) is 32.3 Å². The van der Waals surface area contributed by atoms with Crippen LogP contribution in [-0.2, 0) is 14.6 Å². The van der Waals surface area contributed by atoms with Crippen molar-refractivity contribution >= 4 is 9.84 Å². The molecule has 2 aliphatic heterocycles. The summed E-state index contributed by atoms with van der Waals surface area (Å²) in [6.45, 7) is 0.848. The van der Waals surface area contributed by atoms with Crippen molar-refractivity contribution in [2.75, 3.05) is 18.1 Å². The van der Waals surface area contributed by atoms with Crippen LogP contribution in [0.3, 0.4) is 0 Å². The number of ether oxygens (including phenoxy) is 1. The molecule has 2 heterocycles. The van der Waals surface area contributed by atoms with Crippen molar-refractivity contribution in [3.05, 3.63) is 0 Å². The quantitative estimate of drug-likeness (QED) is 0.769. The standard InChI is InChI=1S/C10H19NO3S/c11-10(5-7-15(12,13)8-10)4-3-9-2-1-6-14-9/h9H,1-8,11H2. The van der Waals surface area contributed by atoms with Gasteiger partial charge in [0.2, 0.25) is 0 Å². The smallest absolute Gasteiger partial charge is 0.152 e. The second-order valence-corrected chi connectivity index (χ2v) is 7.06. The van der Waals surface area contributed by atoms with Crippen LogP contribution in [0.25, 0.3) is 0 Å². The minimum Gasteiger partial charge on any atom is -0.378 e. The molecule has 2 atom stereocenters. The lowest BCUT2D eigenvalue weighted by atomic mass is 9.92. The van der Waals surface area contributed by atoms with Gasteiger partial charge in [0.15, 0.2) is 9.84 Å². The summed E-state index contributed by atoms with van der Waals surface area (Å²) in [6, 6.07) is 0. The third-order valence-corrected chi connectivity index (χ3v) is 5.25. The Labute approximate surface area is 91.1 Å². The van der Waals surface area contributed by atoms with Crippen molar-refractivity contribution in [2.24, 2.45) is 5.73 Å². The van der Waals surface area contributed by atoms with E-state index in [1.807, 2.05) is 0 Å². The fraction of sp³-hybridized carbons (Fsp3) is 1.00. The maximum Gasteiger partial charge on any atom is 0.152 e. The third-order valence-electron chi connectivity index (χ3n) is 3.41. The molecule has 2 N–H and O–H groups in total. The topological polar surface area (TPSA) is 69.4 Å². The van der Waals surface area contributed by atoms with E-state index in [4.69, 9.17) is 10.5 Å². The van der Waals surface area contributed by atoms with Gasteiger partial charge >= 0.3 is 0 Å². The van der Waals surface area contributed by atoms with E-state index in [1.165, 1.54) is 0 Å². The second kappa shape index (κ2) is 4.03. The number of rotatable bonds is 3. The van der Waals surface area contributed by atoms with Crippen molar-refractivity contribution in [1.29, 1.82) is 0 Å². The average Bonchev–Trinajstić information content (AvgIpc) is 2.71. The summed E-state index contributed by atoms with van der Waals surface area (Å²) in [5, 5.41) is 0. The van der Waals surface area contributed by atoms with Crippen LogP contribution in [0.2, 0.25) is 0 Å². The Kier molecular flexibility index (Phi) is 3.05. The molecule has 0 saturated carbocycles. The van der Waals surface area contributed by atoms with Gasteiger partial charge in [-0.25, -0.2) is 8.42 Å². The van der Waals surface area contributed by atoms with E-state index in [1.54, 1.807) is 0 Å². The predicted octanol–water partition coefficient (Wildman–Crippen LogP) is 0.462. The first-order valence-corrected chi connectivity index (χ1v) is 7.42. The Morgan fingerprint density at radius 2 is 2.27 bits per heavy atom. The summed E-state index contributed by atoms with van der Waals surface area (Å²) in [4.78, 5) is 0. The molecule has 0 aliphatic carbocycles. The molecule has 88 valence electrons. The lowest BCUT2D eigenvalue weighted by Crippen LogP contribution is -2.41. The van der Waals surface area contributed by atoms with Gasteiger partial charge in [0.25, 0.3) is 0 Å². The lowest BCUT2D eigenvalue weighted by Gasteiger charge is -2.23. The second-order valence-electron chi connectivity index (χ2n) is 4.88. The summed E-state index contributed by atoms with van der Waals surface area (Å²) >= 11 is 0. The van der Waals surface area contributed by atoms with E-state index >= 15 is 0 Å². The number of sulfone groups is 1. The normalized spacial score (nSPS) is 39.7. The summed E-state index contributed by atoms with van der Waals surface area (Å²) in [6.07, 6.45) is 4.84. The largest absolute Gasteiger partial charge is 0.378 e. The first kappa shape index (κ1) is 11.4. The van der Waals surface area contributed by atoms with Gasteiger partial charge < -0.3 is 10.5 Å². The maximum atomic E-state index is 11.3. The highest BCUT2D eigenvalue weighted by molar-refractivity contribution is 7.91. The van der Waals surface area contributed by atoms with E-state index in [0.29, 0.717) is 12.5 Å².